The van der Waals surface area contributed by atoms with Gasteiger partial charge in [-0.15, -0.1) is 0 Å². The van der Waals surface area contributed by atoms with E-state index in [1.54, 1.807) is 22.8 Å². The van der Waals surface area contributed by atoms with Gasteiger partial charge >= 0.3 is 0 Å². The number of sulfonamides is 1. The lowest BCUT2D eigenvalue weighted by Crippen LogP contribution is -2.58. The first-order valence-electron chi connectivity index (χ1n) is 8.24. The van der Waals surface area contributed by atoms with E-state index in [0.717, 1.165) is 44.7 Å². The van der Waals surface area contributed by atoms with Gasteiger partial charge in [-0.3, -0.25) is 0 Å². The number of nitrogens with zero attached hydrogens (tertiary/aromatic N) is 4. The van der Waals surface area contributed by atoms with Crippen LogP contribution in [0, 0.1) is 0 Å². The predicted octanol–water partition coefficient (Wildman–Crippen LogP) is 0.640. The molecule has 0 radical (unpaired) electrons. The molecule has 3 aliphatic rings. The van der Waals surface area contributed by atoms with Crippen molar-refractivity contribution in [3.8, 4) is 0 Å². The fourth-order valence-electron chi connectivity index (χ4n) is 3.50. The normalized spacial score (nSPS) is 25.7. The Hall–Kier alpha value is -1.25. The van der Waals surface area contributed by atoms with Gasteiger partial charge in [0.15, 0.2) is 0 Å². The summed E-state index contributed by atoms with van der Waals surface area (Å²) in [6, 6.07) is 1.81. The van der Waals surface area contributed by atoms with Gasteiger partial charge in [-0.25, -0.2) is 22.7 Å². The first kappa shape index (κ1) is 15.3. The molecule has 2 saturated heterocycles. The first-order chi connectivity index (χ1) is 11.1. The third kappa shape index (κ3) is 2.95. The van der Waals surface area contributed by atoms with Crippen molar-refractivity contribution < 1.29 is 13.2 Å². The maximum Gasteiger partial charge on any atom is 0.225 e. The molecule has 3 heterocycles. The number of piperidine rings is 1. The van der Waals surface area contributed by atoms with Crippen LogP contribution < -0.4 is 4.90 Å². The molecular formula is C15H22N4O3S. The Bertz CT molecular complexity index is 655. The Morgan fingerprint density at radius 1 is 1.13 bits per heavy atom. The van der Waals surface area contributed by atoms with Crippen LogP contribution >= 0.6 is 0 Å². The van der Waals surface area contributed by atoms with E-state index < -0.39 is 10.0 Å². The molecule has 1 spiro atoms. The zero-order chi connectivity index (χ0) is 15.9. The largest absolute Gasteiger partial charge is 0.371 e. The van der Waals surface area contributed by atoms with Gasteiger partial charge < -0.3 is 9.64 Å². The molecule has 2 aliphatic heterocycles. The van der Waals surface area contributed by atoms with Crippen LogP contribution in [0.1, 0.15) is 25.7 Å². The van der Waals surface area contributed by atoms with Crippen molar-refractivity contribution in [2.24, 2.45) is 0 Å². The van der Waals surface area contributed by atoms with Crippen molar-refractivity contribution in [1.29, 1.82) is 0 Å². The minimum atomic E-state index is -3.07. The van der Waals surface area contributed by atoms with Gasteiger partial charge in [-0.05, 0) is 31.7 Å². The summed E-state index contributed by atoms with van der Waals surface area (Å²) in [6.45, 7) is 3.25. The van der Waals surface area contributed by atoms with E-state index in [1.165, 1.54) is 0 Å². The van der Waals surface area contributed by atoms with Crippen molar-refractivity contribution in [3.05, 3.63) is 18.5 Å². The van der Waals surface area contributed by atoms with Crippen LogP contribution in [0.25, 0.3) is 0 Å². The third-order valence-corrected chi connectivity index (χ3v) is 7.42. The van der Waals surface area contributed by atoms with Gasteiger partial charge in [0, 0.05) is 32.0 Å². The minimum Gasteiger partial charge on any atom is -0.371 e. The second kappa shape index (κ2) is 5.68. The molecule has 126 valence electrons. The molecule has 1 aromatic rings. The van der Waals surface area contributed by atoms with Crippen molar-refractivity contribution in [2.45, 2.75) is 36.5 Å². The lowest BCUT2D eigenvalue weighted by atomic mass is 9.90. The zero-order valence-corrected chi connectivity index (χ0v) is 13.9. The Morgan fingerprint density at radius 3 is 2.48 bits per heavy atom. The quantitative estimate of drug-likeness (QED) is 0.805. The van der Waals surface area contributed by atoms with E-state index in [1.807, 2.05) is 0 Å². The molecule has 3 fully saturated rings. The van der Waals surface area contributed by atoms with E-state index in [2.05, 4.69) is 14.9 Å². The summed E-state index contributed by atoms with van der Waals surface area (Å²) in [5.74, 6) is 0.725. The predicted molar refractivity (Wildman–Crippen MR) is 85.7 cm³/mol. The Labute approximate surface area is 136 Å². The van der Waals surface area contributed by atoms with E-state index in [-0.39, 0.29) is 10.9 Å². The first-order valence-corrected chi connectivity index (χ1v) is 9.74. The molecule has 23 heavy (non-hydrogen) atoms. The molecule has 0 unspecified atom stereocenters. The molecule has 0 N–H and O–H groups in total. The molecule has 0 bridgehead atoms. The smallest absolute Gasteiger partial charge is 0.225 e. The molecule has 8 heteroatoms. The van der Waals surface area contributed by atoms with Gasteiger partial charge in [0.1, 0.15) is 0 Å². The van der Waals surface area contributed by atoms with E-state index >= 15 is 0 Å². The van der Waals surface area contributed by atoms with Crippen molar-refractivity contribution in [1.82, 2.24) is 14.3 Å². The summed E-state index contributed by atoms with van der Waals surface area (Å²) < 4.78 is 32.5. The second-order valence-electron chi connectivity index (χ2n) is 6.65. The van der Waals surface area contributed by atoms with Crippen LogP contribution in [0.2, 0.25) is 0 Å². The fraction of sp³-hybridized carbons (Fsp3) is 0.733. The van der Waals surface area contributed by atoms with Crippen LogP contribution in [0.15, 0.2) is 18.5 Å². The number of hydrogen-bond acceptors (Lipinski definition) is 6. The zero-order valence-electron chi connectivity index (χ0n) is 13.1. The number of hydrogen-bond donors (Lipinski definition) is 0. The Kier molecular flexibility index (Phi) is 3.78. The lowest BCUT2D eigenvalue weighted by Gasteiger charge is -2.46. The van der Waals surface area contributed by atoms with Gasteiger partial charge in [0.25, 0.3) is 0 Å². The molecule has 1 saturated carbocycles. The standard InChI is InChI=1S/C15H22N4O3S/c20-23(21,13-2-3-13)19-8-4-15(5-9-19)12-18(10-11-22-15)14-16-6-1-7-17-14/h1,6-7,13H,2-5,8-12H2. The summed E-state index contributed by atoms with van der Waals surface area (Å²) in [5, 5.41) is -0.127. The second-order valence-corrected chi connectivity index (χ2v) is 8.86. The number of rotatable bonds is 3. The van der Waals surface area contributed by atoms with Crippen LogP contribution in [0.3, 0.4) is 0 Å². The summed E-state index contributed by atoms with van der Waals surface area (Å²) in [5.41, 5.74) is -0.271. The topological polar surface area (TPSA) is 75.6 Å². The third-order valence-electron chi connectivity index (χ3n) is 5.02. The van der Waals surface area contributed by atoms with Crippen LogP contribution in [0.5, 0.6) is 0 Å². The molecule has 1 aliphatic carbocycles. The van der Waals surface area contributed by atoms with Gasteiger partial charge in [0.05, 0.1) is 24.0 Å². The molecule has 7 nitrogen and oxygen atoms in total. The van der Waals surface area contributed by atoms with Crippen molar-refractivity contribution >= 4 is 16.0 Å². The monoisotopic (exact) mass is 338 g/mol. The Morgan fingerprint density at radius 2 is 1.83 bits per heavy atom. The molecule has 0 atom stereocenters. The van der Waals surface area contributed by atoms with Crippen molar-refractivity contribution in [3.63, 3.8) is 0 Å². The van der Waals surface area contributed by atoms with Crippen molar-refractivity contribution in [2.75, 3.05) is 37.7 Å². The average molecular weight is 338 g/mol. The lowest BCUT2D eigenvalue weighted by molar-refractivity contribution is -0.0829. The highest BCUT2D eigenvalue weighted by Crippen LogP contribution is 2.36. The summed E-state index contributed by atoms with van der Waals surface area (Å²) >= 11 is 0. The minimum absolute atomic E-state index is 0.127. The maximum atomic E-state index is 12.4. The fourth-order valence-corrected chi connectivity index (χ4v) is 5.34. The number of anilines is 1. The summed E-state index contributed by atoms with van der Waals surface area (Å²) in [4.78, 5) is 10.8. The van der Waals surface area contributed by atoms with Gasteiger partial charge in [-0.1, -0.05) is 0 Å². The van der Waals surface area contributed by atoms with E-state index in [0.29, 0.717) is 19.7 Å². The molecule has 4 rings (SSSR count). The highest BCUT2D eigenvalue weighted by Gasteiger charge is 2.46. The van der Waals surface area contributed by atoms with Gasteiger partial charge in [-0.2, -0.15) is 0 Å². The molecule has 0 amide bonds. The highest BCUT2D eigenvalue weighted by molar-refractivity contribution is 7.90. The number of morpholine rings is 1. The van der Waals surface area contributed by atoms with Crippen LogP contribution in [-0.2, 0) is 14.8 Å². The maximum absolute atomic E-state index is 12.4. The summed E-state index contributed by atoms with van der Waals surface area (Å²) in [6.07, 6.45) is 6.61. The SMILES string of the molecule is O=S(=O)(C1CC1)N1CCC2(CC1)CN(c1ncccn1)CCO2. The molecule has 0 aromatic carbocycles. The van der Waals surface area contributed by atoms with Gasteiger partial charge in [0.2, 0.25) is 16.0 Å². The number of aromatic nitrogens is 2. The highest BCUT2D eigenvalue weighted by atomic mass is 32.2. The Balaban J connectivity index is 1.44. The van der Waals surface area contributed by atoms with Crippen LogP contribution in [0.4, 0.5) is 5.95 Å². The summed E-state index contributed by atoms with van der Waals surface area (Å²) in [7, 11) is -3.07. The molecular weight excluding hydrogens is 316 g/mol. The number of ether oxygens (including phenoxy) is 1. The van der Waals surface area contributed by atoms with E-state index in [4.69, 9.17) is 4.74 Å². The van der Waals surface area contributed by atoms with E-state index in [9.17, 15) is 8.42 Å². The average Bonchev–Trinajstić information content (AvgIpc) is 3.42. The molecule has 1 aromatic heterocycles. The van der Waals surface area contributed by atoms with Crippen LogP contribution in [-0.4, -0.2) is 66.3 Å².